The third kappa shape index (κ3) is 3.76. The number of aliphatic hydroxyl groups excluding tert-OH is 1. The topological polar surface area (TPSA) is 52.6 Å². The summed E-state index contributed by atoms with van der Waals surface area (Å²) in [5.74, 6) is 0.318. The van der Waals surface area contributed by atoms with Gasteiger partial charge in [-0.3, -0.25) is 0 Å². The number of aryl methyl sites for hydroxylation is 2. The van der Waals surface area contributed by atoms with Crippen LogP contribution in [0.4, 0.5) is 10.5 Å². The van der Waals surface area contributed by atoms with Crippen molar-refractivity contribution in [2.45, 2.75) is 46.1 Å². The van der Waals surface area contributed by atoms with Crippen LogP contribution in [0.5, 0.6) is 0 Å². The Hall–Kier alpha value is -1.55. The zero-order chi connectivity index (χ0) is 15.4. The van der Waals surface area contributed by atoms with Gasteiger partial charge in [0.2, 0.25) is 0 Å². The highest BCUT2D eigenvalue weighted by Gasteiger charge is 2.25. The Morgan fingerprint density at radius 1 is 1.43 bits per heavy atom. The van der Waals surface area contributed by atoms with E-state index in [0.717, 1.165) is 43.6 Å². The van der Waals surface area contributed by atoms with E-state index < -0.39 is 0 Å². The van der Waals surface area contributed by atoms with Gasteiger partial charge >= 0.3 is 6.03 Å². The maximum absolute atomic E-state index is 12.4. The summed E-state index contributed by atoms with van der Waals surface area (Å²) in [5, 5.41) is 12.7. The number of urea groups is 1. The van der Waals surface area contributed by atoms with Gasteiger partial charge in [-0.1, -0.05) is 25.1 Å². The quantitative estimate of drug-likeness (QED) is 0.898. The van der Waals surface area contributed by atoms with E-state index in [1.807, 2.05) is 30.9 Å². The second-order valence-corrected chi connectivity index (χ2v) is 5.96. The molecule has 116 valence electrons. The Kier molecular flexibility index (Phi) is 5.23. The van der Waals surface area contributed by atoms with Gasteiger partial charge in [-0.2, -0.15) is 0 Å². The first-order chi connectivity index (χ1) is 10.0. The van der Waals surface area contributed by atoms with Crippen molar-refractivity contribution in [3.63, 3.8) is 0 Å². The van der Waals surface area contributed by atoms with Crippen LogP contribution in [-0.2, 0) is 6.42 Å². The van der Waals surface area contributed by atoms with Crippen molar-refractivity contribution in [3.8, 4) is 0 Å². The van der Waals surface area contributed by atoms with Gasteiger partial charge in [-0.05, 0) is 50.2 Å². The largest absolute Gasteiger partial charge is 0.393 e. The zero-order valence-corrected chi connectivity index (χ0v) is 13.2. The van der Waals surface area contributed by atoms with E-state index in [2.05, 4.69) is 18.3 Å². The van der Waals surface area contributed by atoms with Gasteiger partial charge in [0.25, 0.3) is 0 Å². The second-order valence-electron chi connectivity index (χ2n) is 5.96. The number of carbonyl (C=O) groups excluding carboxylic acids is 1. The number of rotatable bonds is 3. The van der Waals surface area contributed by atoms with Crippen molar-refractivity contribution < 1.29 is 9.90 Å². The summed E-state index contributed by atoms with van der Waals surface area (Å²) in [5.41, 5.74) is 3.21. The number of para-hydroxylation sites is 1. The monoisotopic (exact) mass is 290 g/mol. The third-order valence-electron chi connectivity index (χ3n) is 4.48. The van der Waals surface area contributed by atoms with Gasteiger partial charge in [0.1, 0.15) is 0 Å². The molecule has 0 aliphatic carbocycles. The molecule has 1 atom stereocenters. The van der Waals surface area contributed by atoms with E-state index in [1.165, 1.54) is 5.56 Å². The van der Waals surface area contributed by atoms with Crippen LogP contribution in [0, 0.1) is 12.8 Å². The first kappa shape index (κ1) is 15.8. The summed E-state index contributed by atoms with van der Waals surface area (Å²) in [6, 6.07) is 6.08. The summed E-state index contributed by atoms with van der Waals surface area (Å²) >= 11 is 0. The van der Waals surface area contributed by atoms with Crippen LogP contribution in [0.15, 0.2) is 18.2 Å². The molecule has 0 radical (unpaired) electrons. The fourth-order valence-corrected chi connectivity index (χ4v) is 2.97. The normalized spacial score (nSPS) is 17.6. The molecular formula is C17H26N2O2. The smallest absolute Gasteiger partial charge is 0.321 e. The molecule has 1 aromatic carbocycles. The highest BCUT2D eigenvalue weighted by molar-refractivity contribution is 5.91. The lowest BCUT2D eigenvalue weighted by Gasteiger charge is -2.33. The van der Waals surface area contributed by atoms with E-state index in [4.69, 9.17) is 0 Å². The molecule has 1 aliphatic rings. The van der Waals surface area contributed by atoms with Crippen molar-refractivity contribution in [2.24, 2.45) is 5.92 Å². The number of amides is 2. The number of piperidine rings is 1. The molecule has 0 bridgehead atoms. The average molecular weight is 290 g/mol. The van der Waals surface area contributed by atoms with E-state index >= 15 is 0 Å². The van der Waals surface area contributed by atoms with Crippen molar-refractivity contribution in [1.82, 2.24) is 4.90 Å². The van der Waals surface area contributed by atoms with Crippen molar-refractivity contribution in [2.75, 3.05) is 18.4 Å². The molecule has 4 nitrogen and oxygen atoms in total. The lowest BCUT2D eigenvalue weighted by Crippen LogP contribution is -2.43. The molecule has 0 spiro atoms. The summed E-state index contributed by atoms with van der Waals surface area (Å²) in [6.45, 7) is 7.39. The molecule has 1 aliphatic heterocycles. The minimum absolute atomic E-state index is 0.0250. The molecule has 0 saturated carbocycles. The number of likely N-dealkylation sites (tertiary alicyclic amines) is 1. The molecule has 2 amide bonds. The third-order valence-corrected chi connectivity index (χ3v) is 4.48. The zero-order valence-electron chi connectivity index (χ0n) is 13.2. The van der Waals surface area contributed by atoms with Crippen LogP contribution in [0.1, 0.15) is 37.8 Å². The van der Waals surface area contributed by atoms with Crippen molar-refractivity contribution in [1.29, 1.82) is 0 Å². The molecule has 1 saturated heterocycles. The minimum Gasteiger partial charge on any atom is -0.393 e. The summed E-state index contributed by atoms with van der Waals surface area (Å²) in [4.78, 5) is 14.3. The van der Waals surface area contributed by atoms with E-state index in [1.54, 1.807) is 0 Å². The fourth-order valence-electron chi connectivity index (χ4n) is 2.97. The van der Waals surface area contributed by atoms with Crippen molar-refractivity contribution in [3.05, 3.63) is 29.3 Å². The van der Waals surface area contributed by atoms with Crippen LogP contribution in [0.25, 0.3) is 0 Å². The number of benzene rings is 1. The number of anilines is 1. The van der Waals surface area contributed by atoms with Crippen LogP contribution in [0.3, 0.4) is 0 Å². The highest BCUT2D eigenvalue weighted by atomic mass is 16.3. The SMILES string of the molecule is CCc1cccc(C)c1NC(=O)N1CCC(C(C)O)CC1. The molecule has 2 N–H and O–H groups in total. The molecule has 1 aromatic rings. The van der Waals surface area contributed by atoms with E-state index in [-0.39, 0.29) is 12.1 Å². The fraction of sp³-hybridized carbons (Fsp3) is 0.588. The number of aliphatic hydroxyl groups is 1. The first-order valence-electron chi connectivity index (χ1n) is 7.85. The average Bonchev–Trinajstić information content (AvgIpc) is 2.49. The maximum Gasteiger partial charge on any atom is 0.321 e. The van der Waals surface area contributed by atoms with Crippen LogP contribution < -0.4 is 5.32 Å². The molecule has 2 rings (SSSR count). The van der Waals surface area contributed by atoms with Crippen LogP contribution >= 0.6 is 0 Å². The molecular weight excluding hydrogens is 264 g/mol. The van der Waals surface area contributed by atoms with Gasteiger partial charge in [0, 0.05) is 18.8 Å². The molecule has 0 aromatic heterocycles. The van der Waals surface area contributed by atoms with E-state index in [9.17, 15) is 9.90 Å². The van der Waals surface area contributed by atoms with Crippen LogP contribution in [-0.4, -0.2) is 35.2 Å². The van der Waals surface area contributed by atoms with Gasteiger partial charge in [0.05, 0.1) is 6.10 Å². The summed E-state index contributed by atoms with van der Waals surface area (Å²) < 4.78 is 0. The predicted octanol–water partition coefficient (Wildman–Crippen LogP) is 3.18. The maximum atomic E-state index is 12.4. The first-order valence-corrected chi connectivity index (χ1v) is 7.85. The Morgan fingerprint density at radius 2 is 2.10 bits per heavy atom. The predicted molar refractivity (Wildman–Crippen MR) is 85.6 cm³/mol. The van der Waals surface area contributed by atoms with Gasteiger partial charge in [-0.15, -0.1) is 0 Å². The molecule has 1 heterocycles. The standard InChI is InChI=1S/C17H26N2O2/c1-4-14-7-5-6-12(2)16(14)18-17(21)19-10-8-15(9-11-19)13(3)20/h5-7,13,15,20H,4,8-11H2,1-3H3,(H,18,21). The number of nitrogens with zero attached hydrogens (tertiary/aromatic N) is 1. The highest BCUT2D eigenvalue weighted by Crippen LogP contribution is 2.24. The van der Waals surface area contributed by atoms with Gasteiger partial charge < -0.3 is 15.3 Å². The number of nitrogens with one attached hydrogen (secondary N) is 1. The number of hydrogen-bond acceptors (Lipinski definition) is 2. The lowest BCUT2D eigenvalue weighted by molar-refractivity contribution is 0.0820. The minimum atomic E-state index is -0.279. The van der Waals surface area contributed by atoms with Crippen molar-refractivity contribution >= 4 is 11.7 Å². The number of carbonyl (C=O) groups is 1. The lowest BCUT2D eigenvalue weighted by atomic mass is 9.92. The Bertz CT molecular complexity index is 492. The van der Waals surface area contributed by atoms with Gasteiger partial charge in [0.15, 0.2) is 0 Å². The molecule has 1 unspecified atom stereocenters. The summed E-state index contributed by atoms with van der Waals surface area (Å²) in [7, 11) is 0. The van der Waals surface area contributed by atoms with E-state index in [0.29, 0.717) is 5.92 Å². The molecule has 21 heavy (non-hydrogen) atoms. The second kappa shape index (κ2) is 6.94. The summed E-state index contributed by atoms with van der Waals surface area (Å²) in [6.07, 6.45) is 2.37. The molecule has 4 heteroatoms. The number of hydrogen-bond donors (Lipinski definition) is 2. The Labute approximate surface area is 127 Å². The Morgan fingerprint density at radius 3 is 2.67 bits per heavy atom. The van der Waals surface area contributed by atoms with Gasteiger partial charge in [-0.25, -0.2) is 4.79 Å². The Balaban J connectivity index is 2.00. The molecule has 1 fully saturated rings. The van der Waals surface area contributed by atoms with Crippen LogP contribution in [0.2, 0.25) is 0 Å².